The van der Waals surface area contributed by atoms with Crippen LogP contribution >= 0.6 is 0 Å². The van der Waals surface area contributed by atoms with E-state index in [4.69, 9.17) is 0 Å². The molecular formula is C6H12F2O. The summed E-state index contributed by atoms with van der Waals surface area (Å²) in [6.07, 6.45) is 1.27. The van der Waals surface area contributed by atoms with Crippen molar-refractivity contribution >= 4 is 0 Å². The lowest BCUT2D eigenvalue weighted by atomic mass is 10.2. The fourth-order valence-corrected chi connectivity index (χ4v) is 0.650. The van der Waals surface area contributed by atoms with Crippen molar-refractivity contribution in [3.05, 3.63) is 0 Å². The van der Waals surface area contributed by atoms with E-state index in [1.807, 2.05) is 6.92 Å². The number of ether oxygens (including phenoxy) is 1. The summed E-state index contributed by atoms with van der Waals surface area (Å²) in [5.74, 6) is 0. The van der Waals surface area contributed by atoms with E-state index in [1.165, 1.54) is 0 Å². The molecule has 0 rings (SSSR count). The largest absolute Gasteiger partial charge is 0.345 e. The van der Waals surface area contributed by atoms with Crippen LogP contribution in [0, 0.1) is 0 Å². The highest BCUT2D eigenvalue weighted by molar-refractivity contribution is 4.45. The van der Waals surface area contributed by atoms with Gasteiger partial charge in [0.05, 0.1) is 6.10 Å². The first-order valence-electron chi connectivity index (χ1n) is 3.10. The zero-order valence-corrected chi connectivity index (χ0v) is 5.73. The molecule has 0 saturated carbocycles. The summed E-state index contributed by atoms with van der Waals surface area (Å²) >= 11 is 0. The Balaban J connectivity index is 3.15. The van der Waals surface area contributed by atoms with Crippen molar-refractivity contribution in [2.75, 3.05) is 0 Å². The Bertz CT molecular complexity index is 66.1. The Labute approximate surface area is 54.0 Å². The predicted molar refractivity (Wildman–Crippen MR) is 31.5 cm³/mol. The molecule has 0 radical (unpaired) electrons. The fraction of sp³-hybridized carbons (Fsp3) is 1.00. The third kappa shape index (κ3) is 5.69. The van der Waals surface area contributed by atoms with Crippen LogP contribution in [0.2, 0.25) is 0 Å². The van der Waals surface area contributed by atoms with E-state index >= 15 is 0 Å². The third-order valence-electron chi connectivity index (χ3n) is 1.03. The van der Waals surface area contributed by atoms with Gasteiger partial charge in [0.25, 0.3) is 0 Å². The van der Waals surface area contributed by atoms with Crippen LogP contribution in [0.4, 0.5) is 8.78 Å². The van der Waals surface area contributed by atoms with E-state index in [0.717, 1.165) is 6.42 Å². The second-order valence-corrected chi connectivity index (χ2v) is 2.00. The van der Waals surface area contributed by atoms with Crippen LogP contribution < -0.4 is 0 Å². The van der Waals surface area contributed by atoms with E-state index < -0.39 is 6.61 Å². The van der Waals surface area contributed by atoms with Gasteiger partial charge in [0.1, 0.15) is 0 Å². The summed E-state index contributed by atoms with van der Waals surface area (Å²) in [4.78, 5) is 0. The molecule has 0 aliphatic rings. The first-order chi connectivity index (χ1) is 4.16. The van der Waals surface area contributed by atoms with Crippen molar-refractivity contribution in [3.8, 4) is 0 Å². The van der Waals surface area contributed by atoms with Gasteiger partial charge in [0, 0.05) is 0 Å². The minimum absolute atomic E-state index is 0.310. The summed E-state index contributed by atoms with van der Waals surface area (Å²) in [7, 11) is 0. The van der Waals surface area contributed by atoms with E-state index in [2.05, 4.69) is 4.74 Å². The number of halogens is 2. The van der Waals surface area contributed by atoms with Gasteiger partial charge in [-0.05, 0) is 13.3 Å². The van der Waals surface area contributed by atoms with Crippen LogP contribution in [0.1, 0.15) is 26.7 Å². The molecule has 1 nitrogen and oxygen atoms in total. The highest BCUT2D eigenvalue weighted by atomic mass is 19.3. The monoisotopic (exact) mass is 138 g/mol. The fourth-order valence-electron chi connectivity index (χ4n) is 0.650. The zero-order valence-electron chi connectivity index (χ0n) is 5.73. The molecule has 0 fully saturated rings. The lowest BCUT2D eigenvalue weighted by Crippen LogP contribution is -2.11. The number of hydrogen-bond acceptors (Lipinski definition) is 1. The lowest BCUT2D eigenvalue weighted by molar-refractivity contribution is -0.159. The average Bonchev–Trinajstić information content (AvgIpc) is 1.63. The van der Waals surface area contributed by atoms with Gasteiger partial charge in [0.2, 0.25) is 0 Å². The van der Waals surface area contributed by atoms with Crippen molar-refractivity contribution in [3.63, 3.8) is 0 Å². The maximum Gasteiger partial charge on any atom is 0.345 e. The van der Waals surface area contributed by atoms with E-state index in [9.17, 15) is 8.78 Å². The molecule has 0 aromatic rings. The molecule has 0 amide bonds. The zero-order chi connectivity index (χ0) is 7.28. The van der Waals surface area contributed by atoms with E-state index in [-0.39, 0.29) is 6.10 Å². The van der Waals surface area contributed by atoms with Crippen molar-refractivity contribution in [1.29, 1.82) is 0 Å². The highest BCUT2D eigenvalue weighted by Gasteiger charge is 2.07. The molecule has 0 aromatic carbocycles. The standard InChI is InChI=1S/C6H12F2O/c1-3-4-5(2)9-6(7)8/h5-6H,3-4H2,1-2H3. The quantitative estimate of drug-likeness (QED) is 0.579. The van der Waals surface area contributed by atoms with Crippen LogP contribution in [-0.2, 0) is 4.74 Å². The molecule has 0 bridgehead atoms. The predicted octanol–water partition coefficient (Wildman–Crippen LogP) is 2.41. The summed E-state index contributed by atoms with van der Waals surface area (Å²) in [6.45, 7) is 0.965. The molecule has 0 aliphatic carbocycles. The second kappa shape index (κ2) is 4.68. The topological polar surface area (TPSA) is 9.23 Å². The molecule has 0 saturated heterocycles. The number of rotatable bonds is 4. The molecule has 9 heavy (non-hydrogen) atoms. The van der Waals surface area contributed by atoms with Crippen LogP contribution in [-0.4, -0.2) is 12.7 Å². The Kier molecular flexibility index (Phi) is 4.58. The van der Waals surface area contributed by atoms with E-state index in [0.29, 0.717) is 6.42 Å². The molecule has 3 heteroatoms. The van der Waals surface area contributed by atoms with Gasteiger partial charge >= 0.3 is 6.61 Å². The Morgan fingerprint density at radius 2 is 2.00 bits per heavy atom. The SMILES string of the molecule is CCCC(C)OC(F)F. The number of hydrogen-bond donors (Lipinski definition) is 0. The van der Waals surface area contributed by atoms with E-state index in [1.54, 1.807) is 6.92 Å². The minimum Gasteiger partial charge on any atom is -0.320 e. The molecule has 0 N–H and O–H groups in total. The summed E-state index contributed by atoms with van der Waals surface area (Å²) in [6, 6.07) is 0. The summed E-state index contributed by atoms with van der Waals surface area (Å²) < 4.78 is 26.9. The maximum atomic E-state index is 11.4. The Morgan fingerprint density at radius 1 is 1.44 bits per heavy atom. The van der Waals surface area contributed by atoms with Gasteiger partial charge in [-0.25, -0.2) is 0 Å². The lowest BCUT2D eigenvalue weighted by Gasteiger charge is -2.09. The van der Waals surface area contributed by atoms with Gasteiger partial charge in [0.15, 0.2) is 0 Å². The van der Waals surface area contributed by atoms with Crippen LogP contribution in [0.15, 0.2) is 0 Å². The normalized spacial score (nSPS) is 14.3. The molecule has 0 aliphatic heterocycles. The highest BCUT2D eigenvalue weighted by Crippen LogP contribution is 2.05. The average molecular weight is 138 g/mol. The first-order valence-corrected chi connectivity index (χ1v) is 3.10. The second-order valence-electron chi connectivity index (χ2n) is 2.00. The summed E-state index contributed by atoms with van der Waals surface area (Å²) in [5, 5.41) is 0. The van der Waals surface area contributed by atoms with Gasteiger partial charge in [-0.2, -0.15) is 8.78 Å². The smallest absolute Gasteiger partial charge is 0.320 e. The minimum atomic E-state index is -2.62. The number of alkyl halides is 2. The van der Waals surface area contributed by atoms with Crippen molar-refractivity contribution in [1.82, 2.24) is 0 Å². The van der Waals surface area contributed by atoms with Gasteiger partial charge in [-0.3, -0.25) is 0 Å². The van der Waals surface area contributed by atoms with Crippen LogP contribution in [0.5, 0.6) is 0 Å². The molecule has 0 aromatic heterocycles. The molecule has 56 valence electrons. The van der Waals surface area contributed by atoms with Gasteiger partial charge in [-0.15, -0.1) is 0 Å². The first kappa shape index (κ1) is 8.82. The third-order valence-corrected chi connectivity index (χ3v) is 1.03. The van der Waals surface area contributed by atoms with Crippen LogP contribution in [0.3, 0.4) is 0 Å². The molecule has 0 spiro atoms. The Morgan fingerprint density at radius 3 is 2.33 bits per heavy atom. The van der Waals surface area contributed by atoms with Crippen LogP contribution in [0.25, 0.3) is 0 Å². The molecular weight excluding hydrogens is 126 g/mol. The molecule has 1 unspecified atom stereocenters. The Hall–Kier alpha value is -0.180. The van der Waals surface area contributed by atoms with Crippen molar-refractivity contribution in [2.45, 2.75) is 39.4 Å². The van der Waals surface area contributed by atoms with Gasteiger partial charge in [-0.1, -0.05) is 13.3 Å². The van der Waals surface area contributed by atoms with Gasteiger partial charge < -0.3 is 4.74 Å². The summed E-state index contributed by atoms with van der Waals surface area (Å²) in [5.41, 5.74) is 0. The van der Waals surface area contributed by atoms with Crippen molar-refractivity contribution < 1.29 is 13.5 Å². The molecule has 0 heterocycles. The van der Waals surface area contributed by atoms with Crippen molar-refractivity contribution in [2.24, 2.45) is 0 Å². The molecule has 1 atom stereocenters. The maximum absolute atomic E-state index is 11.4.